The van der Waals surface area contributed by atoms with Crippen molar-refractivity contribution < 1.29 is 0 Å². The summed E-state index contributed by atoms with van der Waals surface area (Å²) in [6.45, 7) is 0. The van der Waals surface area contributed by atoms with Gasteiger partial charge in [0, 0.05) is 28.7 Å². The Hall–Kier alpha value is -5.16. The molecule has 2 aromatic carbocycles. The fourth-order valence-corrected chi connectivity index (χ4v) is 4.82. The summed E-state index contributed by atoms with van der Waals surface area (Å²) in [5, 5.41) is 2.26. The Bertz CT molecular complexity index is 1840. The van der Waals surface area contributed by atoms with Crippen molar-refractivity contribution in [2.45, 2.75) is 0 Å². The average Bonchev–Trinajstić information content (AvgIpc) is 3.32. The van der Waals surface area contributed by atoms with Gasteiger partial charge in [-0.3, -0.25) is 9.55 Å². The van der Waals surface area contributed by atoms with Crippen LogP contribution >= 0.6 is 0 Å². The van der Waals surface area contributed by atoms with Gasteiger partial charge in [0.25, 0.3) is 0 Å². The molecule has 0 amide bonds. The highest BCUT2D eigenvalue weighted by Gasteiger charge is 2.14. The lowest BCUT2D eigenvalue weighted by molar-refractivity contribution is 1.07. The normalized spacial score (nSPS) is 11.2. The van der Waals surface area contributed by atoms with Gasteiger partial charge in [0.05, 0.1) is 39.5 Å². The highest BCUT2D eigenvalue weighted by molar-refractivity contribution is 6.08. The maximum atomic E-state index is 5.05. The van der Waals surface area contributed by atoms with Gasteiger partial charge in [-0.15, -0.1) is 0 Å². The molecule has 0 aliphatic rings. The molecular weight excluding hydrogens is 454 g/mol. The van der Waals surface area contributed by atoms with Crippen molar-refractivity contribution in [2.75, 3.05) is 0 Å². The summed E-state index contributed by atoms with van der Waals surface area (Å²) in [7, 11) is 0. The molecule has 0 spiro atoms. The summed E-state index contributed by atoms with van der Waals surface area (Å²) in [5.41, 5.74) is 7.41. The van der Waals surface area contributed by atoms with E-state index in [1.54, 1.807) is 0 Å². The first kappa shape index (κ1) is 21.1. The number of hydrogen-bond acceptors (Lipinski definition) is 4. The van der Waals surface area contributed by atoms with E-state index in [9.17, 15) is 0 Å². The molecule has 5 heterocycles. The van der Waals surface area contributed by atoms with Crippen molar-refractivity contribution >= 4 is 21.8 Å². The van der Waals surface area contributed by atoms with Gasteiger partial charge in [-0.25, -0.2) is 15.0 Å². The number of nitrogens with zero attached hydrogens (tertiary/aromatic N) is 5. The Morgan fingerprint density at radius 2 is 1.03 bits per heavy atom. The molecule has 174 valence electrons. The molecule has 0 aliphatic heterocycles. The quantitative estimate of drug-likeness (QED) is 0.267. The molecule has 0 atom stereocenters. The fourth-order valence-electron chi connectivity index (χ4n) is 4.82. The highest BCUT2D eigenvalue weighted by Crippen LogP contribution is 2.31. The van der Waals surface area contributed by atoms with Gasteiger partial charge in [0.15, 0.2) is 0 Å². The van der Waals surface area contributed by atoms with Crippen molar-refractivity contribution in [3.8, 4) is 39.9 Å². The molecule has 0 aliphatic carbocycles. The van der Waals surface area contributed by atoms with E-state index in [0.29, 0.717) is 0 Å². The third-order valence-corrected chi connectivity index (χ3v) is 6.53. The monoisotopic (exact) mass is 475 g/mol. The van der Waals surface area contributed by atoms with E-state index in [-0.39, 0.29) is 0 Å². The molecule has 5 heteroatoms. The molecule has 7 aromatic rings. The number of aromatic nitrogens is 5. The second-order valence-corrected chi connectivity index (χ2v) is 8.81. The Morgan fingerprint density at radius 3 is 1.81 bits per heavy atom. The van der Waals surface area contributed by atoms with Gasteiger partial charge >= 0.3 is 0 Å². The van der Waals surface area contributed by atoms with E-state index in [1.165, 1.54) is 0 Å². The maximum Gasteiger partial charge on any atom is 0.138 e. The SMILES string of the molecule is c1ccc(-c2cccc(-c3cccc(-c4cccc(-n5c6ccccc6c6cnccc65)n4)n3)n2)cc1. The van der Waals surface area contributed by atoms with Crippen LogP contribution in [-0.4, -0.2) is 24.5 Å². The largest absolute Gasteiger partial charge is 0.294 e. The molecule has 0 fully saturated rings. The lowest BCUT2D eigenvalue weighted by atomic mass is 10.1. The van der Waals surface area contributed by atoms with E-state index in [2.05, 4.69) is 45.9 Å². The molecule has 0 bridgehead atoms. The van der Waals surface area contributed by atoms with Gasteiger partial charge < -0.3 is 0 Å². The molecule has 0 unspecified atom stereocenters. The van der Waals surface area contributed by atoms with Crippen LogP contribution in [0.5, 0.6) is 0 Å². The Kier molecular flexibility index (Phi) is 5.03. The van der Waals surface area contributed by atoms with Crippen LogP contribution in [0.2, 0.25) is 0 Å². The summed E-state index contributed by atoms with van der Waals surface area (Å²) >= 11 is 0. The standard InChI is InChI=1S/C32H21N5/c1-2-9-22(10-3-1)25-12-6-13-26(34-25)27-14-7-15-28(35-27)29-16-8-18-32(36-29)37-30-17-5-4-11-23(30)24-21-33-20-19-31(24)37/h1-21H. The third kappa shape index (κ3) is 3.74. The lowest BCUT2D eigenvalue weighted by Crippen LogP contribution is -1.99. The van der Waals surface area contributed by atoms with Gasteiger partial charge in [-0.1, -0.05) is 66.7 Å². The van der Waals surface area contributed by atoms with Crippen LogP contribution in [0.4, 0.5) is 0 Å². The number of rotatable bonds is 4. The molecule has 0 saturated carbocycles. The van der Waals surface area contributed by atoms with Crippen LogP contribution < -0.4 is 0 Å². The lowest BCUT2D eigenvalue weighted by Gasteiger charge is -2.10. The number of para-hydroxylation sites is 1. The summed E-state index contributed by atoms with van der Waals surface area (Å²) in [6, 6.07) is 38.7. The molecule has 7 rings (SSSR count). The third-order valence-electron chi connectivity index (χ3n) is 6.53. The minimum absolute atomic E-state index is 0.800. The summed E-state index contributed by atoms with van der Waals surface area (Å²) in [5.74, 6) is 0.839. The molecule has 0 N–H and O–H groups in total. The van der Waals surface area contributed by atoms with Crippen molar-refractivity contribution in [3.63, 3.8) is 0 Å². The number of hydrogen-bond donors (Lipinski definition) is 0. The second-order valence-electron chi connectivity index (χ2n) is 8.81. The summed E-state index contributed by atoms with van der Waals surface area (Å²) in [4.78, 5) is 19.2. The van der Waals surface area contributed by atoms with Gasteiger partial charge in [0.1, 0.15) is 5.82 Å². The second kappa shape index (κ2) is 8.81. The van der Waals surface area contributed by atoms with Crippen LogP contribution in [-0.2, 0) is 0 Å². The minimum atomic E-state index is 0.800. The first-order valence-electron chi connectivity index (χ1n) is 12.2. The van der Waals surface area contributed by atoms with Crippen LogP contribution in [0, 0.1) is 0 Å². The molecule has 37 heavy (non-hydrogen) atoms. The number of fused-ring (bicyclic) bond motifs is 3. The predicted molar refractivity (Wildman–Crippen MR) is 148 cm³/mol. The van der Waals surface area contributed by atoms with E-state index in [1.807, 2.05) is 91.3 Å². The van der Waals surface area contributed by atoms with E-state index >= 15 is 0 Å². The van der Waals surface area contributed by atoms with E-state index < -0.39 is 0 Å². The number of benzene rings is 2. The van der Waals surface area contributed by atoms with Crippen molar-refractivity contribution in [3.05, 3.63) is 128 Å². The zero-order valence-corrected chi connectivity index (χ0v) is 19.9. The predicted octanol–water partition coefficient (Wildman–Crippen LogP) is 7.36. The van der Waals surface area contributed by atoms with Gasteiger partial charge in [-0.2, -0.15) is 0 Å². The topological polar surface area (TPSA) is 56.5 Å². The highest BCUT2D eigenvalue weighted by atomic mass is 15.1. The smallest absolute Gasteiger partial charge is 0.138 e. The molecular formula is C32H21N5. The molecule has 5 aromatic heterocycles. The summed E-state index contributed by atoms with van der Waals surface area (Å²) in [6.07, 6.45) is 3.74. The molecule has 0 saturated heterocycles. The Balaban J connectivity index is 1.32. The fraction of sp³-hybridized carbons (Fsp3) is 0. The van der Waals surface area contributed by atoms with Gasteiger partial charge in [-0.05, 0) is 48.5 Å². The van der Waals surface area contributed by atoms with Crippen molar-refractivity contribution in [2.24, 2.45) is 0 Å². The molecule has 0 radical (unpaired) electrons. The first-order valence-corrected chi connectivity index (χ1v) is 12.2. The average molecular weight is 476 g/mol. The Morgan fingerprint density at radius 1 is 0.432 bits per heavy atom. The first-order chi connectivity index (χ1) is 18.3. The zero-order valence-electron chi connectivity index (χ0n) is 19.9. The molecule has 5 nitrogen and oxygen atoms in total. The van der Waals surface area contributed by atoms with Crippen molar-refractivity contribution in [1.29, 1.82) is 0 Å². The Labute approximate surface area is 213 Å². The van der Waals surface area contributed by atoms with Crippen LogP contribution in [0.25, 0.3) is 61.7 Å². The van der Waals surface area contributed by atoms with Crippen LogP contribution in [0.1, 0.15) is 0 Å². The van der Waals surface area contributed by atoms with Crippen molar-refractivity contribution in [1.82, 2.24) is 24.5 Å². The number of pyridine rings is 4. The van der Waals surface area contributed by atoms with Crippen LogP contribution in [0.3, 0.4) is 0 Å². The zero-order chi connectivity index (χ0) is 24.6. The summed E-state index contributed by atoms with van der Waals surface area (Å²) < 4.78 is 2.19. The van der Waals surface area contributed by atoms with Crippen LogP contribution in [0.15, 0.2) is 128 Å². The van der Waals surface area contributed by atoms with E-state index in [4.69, 9.17) is 15.0 Å². The minimum Gasteiger partial charge on any atom is -0.294 e. The van der Waals surface area contributed by atoms with E-state index in [0.717, 1.165) is 61.7 Å². The maximum absolute atomic E-state index is 5.05. The van der Waals surface area contributed by atoms with Gasteiger partial charge in [0.2, 0.25) is 0 Å².